The molecule has 0 radical (unpaired) electrons. The molecule has 1 aromatic heterocycles. The van der Waals surface area contributed by atoms with Crippen LogP contribution in [0.1, 0.15) is 50.6 Å². The Morgan fingerprint density at radius 2 is 1.57 bits per heavy atom. The highest BCUT2D eigenvalue weighted by Crippen LogP contribution is 2.22. The van der Waals surface area contributed by atoms with Gasteiger partial charge in [-0.05, 0) is 37.9 Å². The molecule has 0 aliphatic heterocycles. The van der Waals surface area contributed by atoms with E-state index < -0.39 is 0 Å². The van der Waals surface area contributed by atoms with Crippen molar-refractivity contribution in [1.82, 2.24) is 4.98 Å². The van der Waals surface area contributed by atoms with Gasteiger partial charge >= 0.3 is 0 Å². The highest BCUT2D eigenvalue weighted by Gasteiger charge is 2.02. The molecule has 0 spiro atoms. The van der Waals surface area contributed by atoms with Gasteiger partial charge in [0.25, 0.3) is 0 Å². The van der Waals surface area contributed by atoms with Crippen molar-refractivity contribution in [2.75, 3.05) is 6.54 Å². The zero-order chi connectivity index (χ0) is 14.9. The first kappa shape index (κ1) is 15.8. The zero-order valence-corrected chi connectivity index (χ0v) is 12.7. The number of para-hydroxylation sites is 1. The maximum atomic E-state index is 9.84. The minimum Gasteiger partial charge on any atom is -0.506 e. The maximum Gasteiger partial charge on any atom is 0.141 e. The van der Waals surface area contributed by atoms with Crippen LogP contribution in [0.15, 0.2) is 30.3 Å². The number of aromatic hydroxyl groups is 1. The number of hydrogen-bond acceptors (Lipinski definition) is 3. The number of unbranched alkanes of at least 4 members (excludes halogenated alkanes) is 6. The van der Waals surface area contributed by atoms with E-state index in [2.05, 4.69) is 11.1 Å². The van der Waals surface area contributed by atoms with Crippen molar-refractivity contribution in [2.45, 2.75) is 51.4 Å². The summed E-state index contributed by atoms with van der Waals surface area (Å²) in [5.74, 6) is 0.272. The second-order valence-electron chi connectivity index (χ2n) is 5.66. The van der Waals surface area contributed by atoms with Gasteiger partial charge in [-0.15, -0.1) is 0 Å². The van der Waals surface area contributed by atoms with Crippen molar-refractivity contribution in [1.29, 1.82) is 0 Å². The first-order chi connectivity index (χ1) is 10.3. The molecule has 3 heteroatoms. The molecular formula is C18H26N2O. The van der Waals surface area contributed by atoms with Gasteiger partial charge in [0.2, 0.25) is 0 Å². The number of aryl methyl sites for hydroxylation is 1. The number of phenolic OH excluding ortho intramolecular Hbond substituents is 1. The summed E-state index contributed by atoms with van der Waals surface area (Å²) in [4.78, 5) is 4.57. The molecule has 1 heterocycles. The summed E-state index contributed by atoms with van der Waals surface area (Å²) in [5.41, 5.74) is 7.28. The first-order valence-electron chi connectivity index (χ1n) is 8.09. The Hall–Kier alpha value is -1.61. The number of nitrogens with two attached hydrogens (primary N) is 1. The van der Waals surface area contributed by atoms with E-state index in [1.54, 1.807) is 6.07 Å². The monoisotopic (exact) mass is 286 g/mol. The van der Waals surface area contributed by atoms with Gasteiger partial charge in [-0.1, -0.05) is 50.3 Å². The molecule has 0 aliphatic carbocycles. The molecule has 0 unspecified atom stereocenters. The molecule has 3 nitrogen and oxygen atoms in total. The fourth-order valence-corrected chi connectivity index (χ4v) is 2.65. The largest absolute Gasteiger partial charge is 0.506 e. The van der Waals surface area contributed by atoms with Crippen LogP contribution in [-0.2, 0) is 6.42 Å². The average Bonchev–Trinajstić information content (AvgIpc) is 2.51. The van der Waals surface area contributed by atoms with Gasteiger partial charge < -0.3 is 10.8 Å². The number of nitrogens with zero attached hydrogens (tertiary/aromatic N) is 1. The van der Waals surface area contributed by atoms with Crippen molar-refractivity contribution in [3.8, 4) is 5.75 Å². The Kier molecular flexibility index (Phi) is 6.48. The predicted octanol–water partition coefficient (Wildman–Crippen LogP) is 4.17. The van der Waals surface area contributed by atoms with Crippen molar-refractivity contribution >= 4 is 10.9 Å². The summed E-state index contributed by atoms with van der Waals surface area (Å²) < 4.78 is 0. The minimum atomic E-state index is 0.272. The van der Waals surface area contributed by atoms with E-state index in [1.807, 2.05) is 18.2 Å². The van der Waals surface area contributed by atoms with Gasteiger partial charge in [-0.2, -0.15) is 0 Å². The highest BCUT2D eigenvalue weighted by molar-refractivity contribution is 5.84. The number of hydrogen-bond donors (Lipinski definition) is 2. The number of aromatic nitrogens is 1. The number of pyridine rings is 1. The number of rotatable bonds is 9. The third-order valence-corrected chi connectivity index (χ3v) is 3.89. The fourth-order valence-electron chi connectivity index (χ4n) is 2.65. The van der Waals surface area contributed by atoms with Crippen LogP contribution < -0.4 is 5.73 Å². The molecule has 0 saturated carbocycles. The quantitative estimate of drug-likeness (QED) is 0.680. The molecule has 0 aliphatic rings. The smallest absolute Gasteiger partial charge is 0.141 e. The molecule has 2 rings (SSSR count). The topological polar surface area (TPSA) is 59.1 Å². The van der Waals surface area contributed by atoms with Gasteiger partial charge in [-0.3, -0.25) is 0 Å². The average molecular weight is 286 g/mol. The predicted molar refractivity (Wildman–Crippen MR) is 88.5 cm³/mol. The lowest BCUT2D eigenvalue weighted by atomic mass is 10.1. The van der Waals surface area contributed by atoms with E-state index in [0.717, 1.165) is 36.0 Å². The maximum absolute atomic E-state index is 9.84. The van der Waals surface area contributed by atoms with Crippen molar-refractivity contribution in [3.05, 3.63) is 36.0 Å². The van der Waals surface area contributed by atoms with Crippen LogP contribution in [0.25, 0.3) is 10.9 Å². The van der Waals surface area contributed by atoms with Crippen molar-refractivity contribution in [3.63, 3.8) is 0 Å². The van der Waals surface area contributed by atoms with E-state index >= 15 is 0 Å². The fraction of sp³-hybridized carbons (Fsp3) is 0.500. The highest BCUT2D eigenvalue weighted by atomic mass is 16.3. The zero-order valence-electron chi connectivity index (χ0n) is 12.7. The third-order valence-electron chi connectivity index (χ3n) is 3.89. The van der Waals surface area contributed by atoms with E-state index in [0.29, 0.717) is 0 Å². The van der Waals surface area contributed by atoms with Crippen LogP contribution >= 0.6 is 0 Å². The lowest BCUT2D eigenvalue weighted by molar-refractivity contribution is 0.480. The minimum absolute atomic E-state index is 0.272. The normalized spacial score (nSPS) is 11.1. The summed E-state index contributed by atoms with van der Waals surface area (Å²) in [6.45, 7) is 0.820. The summed E-state index contributed by atoms with van der Waals surface area (Å²) in [5, 5.41) is 10.8. The first-order valence-corrected chi connectivity index (χ1v) is 8.09. The molecule has 114 valence electrons. The Balaban J connectivity index is 1.72. The number of benzene rings is 1. The van der Waals surface area contributed by atoms with Gasteiger partial charge in [0.1, 0.15) is 11.3 Å². The third kappa shape index (κ3) is 5.01. The van der Waals surface area contributed by atoms with Gasteiger partial charge in [0.05, 0.1) is 0 Å². The van der Waals surface area contributed by atoms with Crippen molar-refractivity contribution in [2.24, 2.45) is 5.73 Å². The summed E-state index contributed by atoms with van der Waals surface area (Å²) in [7, 11) is 0. The van der Waals surface area contributed by atoms with Crippen molar-refractivity contribution < 1.29 is 5.11 Å². The van der Waals surface area contributed by atoms with Crippen LogP contribution in [0.5, 0.6) is 5.75 Å². The molecule has 0 saturated heterocycles. The molecule has 3 N–H and O–H groups in total. The van der Waals surface area contributed by atoms with Crippen LogP contribution in [0.3, 0.4) is 0 Å². The van der Waals surface area contributed by atoms with E-state index in [9.17, 15) is 5.11 Å². The Morgan fingerprint density at radius 1 is 0.857 bits per heavy atom. The summed E-state index contributed by atoms with van der Waals surface area (Å²) in [6.07, 6.45) is 9.75. The molecule has 1 aromatic carbocycles. The van der Waals surface area contributed by atoms with E-state index in [1.165, 1.54) is 38.5 Å². The molecule has 0 fully saturated rings. The number of fused-ring (bicyclic) bond motifs is 1. The summed E-state index contributed by atoms with van der Waals surface area (Å²) in [6, 6.07) is 9.64. The summed E-state index contributed by atoms with van der Waals surface area (Å²) >= 11 is 0. The Bertz CT molecular complexity index is 554. The number of phenols is 1. The van der Waals surface area contributed by atoms with Gasteiger partial charge in [0.15, 0.2) is 0 Å². The standard InChI is InChI=1S/C18H26N2O/c19-14-7-5-3-1-2-4-6-10-16-13-12-15-9-8-11-17(21)18(15)20-16/h8-9,11-13,21H,1-7,10,14,19H2. The molecule has 21 heavy (non-hydrogen) atoms. The van der Waals surface area contributed by atoms with E-state index in [4.69, 9.17) is 5.73 Å². The van der Waals surface area contributed by atoms with Gasteiger partial charge in [-0.25, -0.2) is 4.98 Å². The molecule has 0 bridgehead atoms. The molecule has 2 aromatic rings. The molecule has 0 amide bonds. The SMILES string of the molecule is NCCCCCCCCCc1ccc2cccc(O)c2n1. The Labute approximate surface area is 127 Å². The second kappa shape index (κ2) is 8.63. The lowest BCUT2D eigenvalue weighted by Gasteiger charge is -2.05. The lowest BCUT2D eigenvalue weighted by Crippen LogP contribution is -1.97. The Morgan fingerprint density at radius 3 is 2.33 bits per heavy atom. The van der Waals surface area contributed by atoms with Crippen LogP contribution in [0.2, 0.25) is 0 Å². The van der Waals surface area contributed by atoms with E-state index in [-0.39, 0.29) is 5.75 Å². The van der Waals surface area contributed by atoms with Crippen LogP contribution in [0.4, 0.5) is 0 Å². The molecule has 0 atom stereocenters. The van der Waals surface area contributed by atoms with Crippen LogP contribution in [0, 0.1) is 0 Å². The van der Waals surface area contributed by atoms with Gasteiger partial charge in [0, 0.05) is 11.1 Å². The second-order valence-corrected chi connectivity index (χ2v) is 5.66. The molecular weight excluding hydrogens is 260 g/mol. The van der Waals surface area contributed by atoms with Crippen LogP contribution in [-0.4, -0.2) is 16.6 Å².